The van der Waals surface area contributed by atoms with Gasteiger partial charge in [0.15, 0.2) is 5.82 Å². The Morgan fingerprint density at radius 2 is 1.85 bits per heavy atom. The van der Waals surface area contributed by atoms with Crippen LogP contribution < -0.4 is 4.90 Å². The number of phenolic OH excluding ortho intramolecular Hbond substituents is 1. The second-order valence-electron chi connectivity index (χ2n) is 6.63. The molecule has 6 heteroatoms. The Morgan fingerprint density at radius 3 is 2.59 bits per heavy atom. The van der Waals surface area contributed by atoms with E-state index < -0.39 is 0 Å². The van der Waals surface area contributed by atoms with Crippen LogP contribution in [0.1, 0.15) is 0 Å². The van der Waals surface area contributed by atoms with Gasteiger partial charge in [-0.05, 0) is 30.3 Å². The van der Waals surface area contributed by atoms with Crippen LogP contribution in [0, 0.1) is 5.82 Å². The highest BCUT2D eigenvalue weighted by Crippen LogP contribution is 2.32. The van der Waals surface area contributed by atoms with Crippen molar-refractivity contribution in [2.24, 2.45) is 0 Å². The lowest BCUT2D eigenvalue weighted by Gasteiger charge is -2.35. The first-order valence-corrected chi connectivity index (χ1v) is 8.99. The predicted molar refractivity (Wildman–Crippen MR) is 105 cm³/mol. The van der Waals surface area contributed by atoms with Crippen molar-refractivity contribution >= 4 is 16.7 Å². The minimum Gasteiger partial charge on any atom is -0.507 e. The topological polar surface area (TPSA) is 52.5 Å². The third-order valence-corrected chi connectivity index (χ3v) is 4.84. The number of aromatic nitrogens is 2. The molecule has 27 heavy (non-hydrogen) atoms. The molecule has 1 aliphatic heterocycles. The fourth-order valence-corrected chi connectivity index (χ4v) is 3.43. The van der Waals surface area contributed by atoms with E-state index >= 15 is 0 Å². The predicted octanol–water partition coefficient (Wildman–Crippen LogP) is 3.45. The van der Waals surface area contributed by atoms with Gasteiger partial charge in [0.2, 0.25) is 0 Å². The van der Waals surface area contributed by atoms with Crippen molar-refractivity contribution in [3.8, 4) is 17.1 Å². The number of fused-ring (bicyclic) bond motifs is 1. The van der Waals surface area contributed by atoms with E-state index in [1.807, 2.05) is 12.1 Å². The Bertz CT molecular complexity index is 983. The van der Waals surface area contributed by atoms with E-state index in [2.05, 4.69) is 21.4 Å². The number of hydrogen-bond acceptors (Lipinski definition) is 5. The number of aromatic hydroxyl groups is 1. The molecule has 2 aromatic carbocycles. The monoisotopic (exact) mass is 364 g/mol. The molecule has 1 aliphatic rings. The highest BCUT2D eigenvalue weighted by atomic mass is 19.1. The number of halogens is 1. The smallest absolute Gasteiger partial charge is 0.165 e. The summed E-state index contributed by atoms with van der Waals surface area (Å²) in [5.41, 5.74) is 1.23. The van der Waals surface area contributed by atoms with Crippen molar-refractivity contribution in [2.45, 2.75) is 0 Å². The Morgan fingerprint density at radius 1 is 1.07 bits per heavy atom. The second-order valence-corrected chi connectivity index (χ2v) is 6.63. The van der Waals surface area contributed by atoms with E-state index in [1.54, 1.807) is 24.3 Å². The van der Waals surface area contributed by atoms with Gasteiger partial charge in [-0.25, -0.2) is 14.4 Å². The number of rotatable bonds is 4. The van der Waals surface area contributed by atoms with Crippen LogP contribution in [0.25, 0.3) is 22.3 Å². The molecule has 1 N–H and O–H groups in total. The van der Waals surface area contributed by atoms with Gasteiger partial charge in [-0.3, -0.25) is 4.90 Å². The number of phenols is 1. The molecule has 0 bridgehead atoms. The third-order valence-electron chi connectivity index (χ3n) is 4.84. The molecular formula is C21H21FN4O. The molecule has 1 saturated heterocycles. The lowest BCUT2D eigenvalue weighted by molar-refractivity contribution is 0.284. The fraction of sp³-hybridized carbons (Fsp3) is 0.238. The minimum absolute atomic E-state index is 0.126. The summed E-state index contributed by atoms with van der Waals surface area (Å²) < 4.78 is 13.9. The Hall–Kier alpha value is -2.99. The molecular weight excluding hydrogens is 343 g/mol. The largest absolute Gasteiger partial charge is 0.507 e. The van der Waals surface area contributed by atoms with E-state index in [4.69, 9.17) is 4.98 Å². The molecule has 5 nitrogen and oxygen atoms in total. The molecule has 0 unspecified atom stereocenters. The molecule has 0 spiro atoms. The maximum Gasteiger partial charge on any atom is 0.165 e. The number of piperazine rings is 1. The molecule has 138 valence electrons. The summed E-state index contributed by atoms with van der Waals surface area (Å²) in [6, 6.07) is 11.5. The Kier molecular flexibility index (Phi) is 4.73. The van der Waals surface area contributed by atoms with Gasteiger partial charge in [-0.2, -0.15) is 0 Å². The lowest BCUT2D eigenvalue weighted by atomic mass is 10.1. The molecule has 1 fully saturated rings. The van der Waals surface area contributed by atoms with Crippen molar-refractivity contribution in [1.29, 1.82) is 0 Å². The zero-order valence-electron chi connectivity index (χ0n) is 15.0. The van der Waals surface area contributed by atoms with Gasteiger partial charge in [0.25, 0.3) is 0 Å². The Balaban J connectivity index is 1.79. The maximum atomic E-state index is 13.9. The second kappa shape index (κ2) is 7.32. The van der Waals surface area contributed by atoms with E-state index in [1.165, 1.54) is 12.1 Å². The number of nitrogens with zero attached hydrogens (tertiary/aromatic N) is 4. The molecule has 0 amide bonds. The van der Waals surface area contributed by atoms with Gasteiger partial charge in [0.1, 0.15) is 17.4 Å². The van der Waals surface area contributed by atoms with Gasteiger partial charge in [0.05, 0.1) is 11.1 Å². The van der Waals surface area contributed by atoms with Gasteiger partial charge >= 0.3 is 0 Å². The summed E-state index contributed by atoms with van der Waals surface area (Å²) in [6.45, 7) is 8.00. The lowest BCUT2D eigenvalue weighted by Crippen LogP contribution is -2.46. The SMILES string of the molecule is C=CCN1CCN(c2nc(-c3ccccc3O)nc3ccc(F)cc23)CC1. The standard InChI is InChI=1S/C21H21FN4O/c1-2-9-25-10-12-26(13-11-25)21-17-14-15(22)7-8-18(17)23-20(24-21)16-5-3-4-6-19(16)27/h2-8,14,27H,1,9-13H2. The average Bonchev–Trinajstić information content (AvgIpc) is 2.68. The van der Waals surface area contributed by atoms with E-state index in [-0.39, 0.29) is 11.6 Å². The summed E-state index contributed by atoms with van der Waals surface area (Å²) in [7, 11) is 0. The van der Waals surface area contributed by atoms with Crippen LogP contribution in [-0.4, -0.2) is 52.7 Å². The molecule has 0 radical (unpaired) electrons. The zero-order chi connectivity index (χ0) is 18.8. The molecule has 3 aromatic rings. The average molecular weight is 364 g/mol. The van der Waals surface area contributed by atoms with Crippen LogP contribution in [0.5, 0.6) is 5.75 Å². The van der Waals surface area contributed by atoms with Crippen LogP contribution in [0.4, 0.5) is 10.2 Å². The van der Waals surface area contributed by atoms with E-state index in [0.717, 1.165) is 32.7 Å². The van der Waals surface area contributed by atoms with Gasteiger partial charge < -0.3 is 10.0 Å². The van der Waals surface area contributed by atoms with Crippen molar-refractivity contribution in [2.75, 3.05) is 37.6 Å². The van der Waals surface area contributed by atoms with Crippen molar-refractivity contribution in [3.05, 3.63) is 60.9 Å². The van der Waals surface area contributed by atoms with E-state index in [0.29, 0.717) is 28.1 Å². The Labute approximate surface area is 157 Å². The van der Waals surface area contributed by atoms with E-state index in [9.17, 15) is 9.50 Å². The fourth-order valence-electron chi connectivity index (χ4n) is 3.43. The normalized spacial score (nSPS) is 15.2. The number of hydrogen-bond donors (Lipinski definition) is 1. The molecule has 0 aliphatic carbocycles. The summed E-state index contributed by atoms with van der Waals surface area (Å²) in [5, 5.41) is 10.9. The highest BCUT2D eigenvalue weighted by molar-refractivity contribution is 5.91. The van der Waals surface area contributed by atoms with Crippen molar-refractivity contribution in [1.82, 2.24) is 14.9 Å². The molecule has 1 aromatic heterocycles. The first-order chi connectivity index (χ1) is 13.2. The first kappa shape index (κ1) is 17.4. The number of para-hydroxylation sites is 1. The molecule has 0 saturated carbocycles. The first-order valence-electron chi connectivity index (χ1n) is 8.99. The quantitative estimate of drug-likeness (QED) is 0.719. The highest BCUT2D eigenvalue weighted by Gasteiger charge is 2.21. The molecule has 0 atom stereocenters. The third kappa shape index (κ3) is 3.48. The van der Waals surface area contributed by atoms with Crippen LogP contribution in [-0.2, 0) is 0 Å². The van der Waals surface area contributed by atoms with Gasteiger partial charge in [-0.1, -0.05) is 18.2 Å². The minimum atomic E-state index is -0.312. The molecule has 2 heterocycles. The van der Waals surface area contributed by atoms with Gasteiger partial charge in [0, 0.05) is 38.1 Å². The zero-order valence-corrected chi connectivity index (χ0v) is 15.0. The summed E-state index contributed by atoms with van der Waals surface area (Å²) in [5.74, 6) is 0.959. The maximum absolute atomic E-state index is 13.9. The number of benzene rings is 2. The van der Waals surface area contributed by atoms with Crippen molar-refractivity contribution in [3.63, 3.8) is 0 Å². The van der Waals surface area contributed by atoms with Crippen LogP contribution in [0.3, 0.4) is 0 Å². The molecule has 4 rings (SSSR count). The van der Waals surface area contributed by atoms with Crippen LogP contribution in [0.2, 0.25) is 0 Å². The van der Waals surface area contributed by atoms with Crippen LogP contribution in [0.15, 0.2) is 55.1 Å². The summed E-state index contributed by atoms with van der Waals surface area (Å²) in [4.78, 5) is 13.8. The summed E-state index contributed by atoms with van der Waals surface area (Å²) >= 11 is 0. The van der Waals surface area contributed by atoms with Gasteiger partial charge in [-0.15, -0.1) is 6.58 Å². The van der Waals surface area contributed by atoms with Crippen molar-refractivity contribution < 1.29 is 9.50 Å². The van der Waals surface area contributed by atoms with Crippen LogP contribution >= 0.6 is 0 Å². The summed E-state index contributed by atoms with van der Waals surface area (Å²) in [6.07, 6.45) is 1.90. The number of anilines is 1.